The van der Waals surface area contributed by atoms with Gasteiger partial charge in [-0.05, 0) is 57.7 Å². The van der Waals surface area contributed by atoms with Gasteiger partial charge in [0.1, 0.15) is 0 Å². The lowest BCUT2D eigenvalue weighted by molar-refractivity contribution is 0.167. The molecule has 1 aliphatic heterocycles. The third-order valence-electron chi connectivity index (χ3n) is 4.92. The number of piperidine rings is 1. The molecule has 3 aromatic heterocycles. The third-order valence-corrected chi connectivity index (χ3v) is 4.92. The number of rotatable bonds is 4. The van der Waals surface area contributed by atoms with Crippen LogP contribution in [0.4, 0.5) is 0 Å². The summed E-state index contributed by atoms with van der Waals surface area (Å²) in [6, 6.07) is 4.16. The fourth-order valence-corrected chi connectivity index (χ4v) is 3.84. The number of nitrogens with one attached hydrogen (secondary N) is 1. The van der Waals surface area contributed by atoms with Crippen LogP contribution in [0, 0.1) is 19.8 Å². The minimum absolute atomic E-state index is 0.692. The summed E-state index contributed by atoms with van der Waals surface area (Å²) < 4.78 is 1.95. The third kappa shape index (κ3) is 3.06. The minimum Gasteiger partial charge on any atom is -0.299 e. The molecule has 6 nitrogen and oxygen atoms in total. The smallest absolute Gasteiger partial charge is 0.159 e. The van der Waals surface area contributed by atoms with Crippen LogP contribution in [-0.4, -0.2) is 42.8 Å². The van der Waals surface area contributed by atoms with E-state index in [1.807, 2.05) is 23.8 Å². The van der Waals surface area contributed by atoms with Gasteiger partial charge >= 0.3 is 0 Å². The first-order valence-electron chi connectivity index (χ1n) is 8.70. The Morgan fingerprint density at radius 3 is 3.08 bits per heavy atom. The van der Waals surface area contributed by atoms with Crippen LogP contribution in [0.2, 0.25) is 0 Å². The zero-order chi connectivity index (χ0) is 16.5. The first kappa shape index (κ1) is 15.3. The van der Waals surface area contributed by atoms with E-state index >= 15 is 0 Å². The number of aryl methyl sites for hydroxylation is 2. The highest BCUT2D eigenvalue weighted by Crippen LogP contribution is 2.22. The van der Waals surface area contributed by atoms with E-state index in [9.17, 15) is 0 Å². The Labute approximate surface area is 141 Å². The highest BCUT2D eigenvalue weighted by atomic mass is 15.3. The van der Waals surface area contributed by atoms with Gasteiger partial charge in [0.05, 0.1) is 6.20 Å². The van der Waals surface area contributed by atoms with Gasteiger partial charge in [-0.25, -0.2) is 9.50 Å². The van der Waals surface area contributed by atoms with Crippen LogP contribution in [-0.2, 0) is 13.0 Å². The van der Waals surface area contributed by atoms with Gasteiger partial charge < -0.3 is 0 Å². The number of aromatic amines is 1. The normalized spacial score (nSPS) is 19.2. The lowest BCUT2D eigenvalue weighted by atomic mass is 9.93. The van der Waals surface area contributed by atoms with Crippen LogP contribution < -0.4 is 0 Å². The number of aromatic nitrogens is 5. The van der Waals surface area contributed by atoms with Crippen LogP contribution in [0.25, 0.3) is 5.65 Å². The Bertz CT molecular complexity index is 820. The average molecular weight is 324 g/mol. The van der Waals surface area contributed by atoms with E-state index in [0.717, 1.165) is 43.1 Å². The second-order valence-corrected chi connectivity index (χ2v) is 6.97. The van der Waals surface area contributed by atoms with Gasteiger partial charge in [0.15, 0.2) is 5.65 Å². The molecule has 24 heavy (non-hydrogen) atoms. The van der Waals surface area contributed by atoms with E-state index in [-0.39, 0.29) is 0 Å². The van der Waals surface area contributed by atoms with Crippen LogP contribution in [0.3, 0.4) is 0 Å². The second-order valence-electron chi connectivity index (χ2n) is 6.97. The molecule has 4 heterocycles. The average Bonchev–Trinajstić information content (AvgIpc) is 3.18. The lowest BCUT2D eigenvalue weighted by Gasteiger charge is -2.32. The molecule has 0 radical (unpaired) electrons. The zero-order valence-electron chi connectivity index (χ0n) is 14.4. The molecule has 6 heteroatoms. The zero-order valence-corrected chi connectivity index (χ0v) is 14.4. The van der Waals surface area contributed by atoms with Crippen molar-refractivity contribution in [3.8, 4) is 0 Å². The largest absolute Gasteiger partial charge is 0.299 e. The van der Waals surface area contributed by atoms with E-state index in [2.05, 4.69) is 39.3 Å². The lowest BCUT2D eigenvalue weighted by Crippen LogP contribution is -2.35. The maximum atomic E-state index is 4.70. The molecule has 1 unspecified atom stereocenters. The van der Waals surface area contributed by atoms with E-state index in [1.54, 1.807) is 0 Å². The Morgan fingerprint density at radius 2 is 2.25 bits per heavy atom. The summed E-state index contributed by atoms with van der Waals surface area (Å²) in [5.74, 6) is 0.692. The van der Waals surface area contributed by atoms with E-state index in [0.29, 0.717) is 5.92 Å². The molecule has 0 aromatic carbocycles. The Balaban J connectivity index is 1.49. The molecular weight excluding hydrogens is 300 g/mol. The van der Waals surface area contributed by atoms with E-state index in [4.69, 9.17) is 4.98 Å². The number of nitrogens with zero attached hydrogens (tertiary/aromatic N) is 5. The monoisotopic (exact) mass is 324 g/mol. The van der Waals surface area contributed by atoms with Crippen molar-refractivity contribution in [2.45, 2.75) is 39.7 Å². The number of likely N-dealkylation sites (tertiary alicyclic amines) is 1. The van der Waals surface area contributed by atoms with Gasteiger partial charge in [0.2, 0.25) is 0 Å². The maximum absolute atomic E-state index is 4.70. The molecule has 0 aliphatic carbocycles. The van der Waals surface area contributed by atoms with Crippen LogP contribution in [0.1, 0.15) is 35.5 Å². The van der Waals surface area contributed by atoms with E-state index < -0.39 is 0 Å². The van der Waals surface area contributed by atoms with Gasteiger partial charge in [-0.15, -0.1) is 0 Å². The van der Waals surface area contributed by atoms with Crippen molar-refractivity contribution in [1.29, 1.82) is 0 Å². The SMILES string of the molecule is Cc1cc(C)n2ncc(CN3CCCC(Cc4ccn[nH]4)C3)c2n1. The minimum atomic E-state index is 0.692. The fourth-order valence-electron chi connectivity index (χ4n) is 3.84. The van der Waals surface area contributed by atoms with Crippen molar-refractivity contribution >= 4 is 5.65 Å². The van der Waals surface area contributed by atoms with Crippen molar-refractivity contribution in [2.24, 2.45) is 5.92 Å². The summed E-state index contributed by atoms with van der Waals surface area (Å²) in [6.45, 7) is 7.34. The first-order valence-corrected chi connectivity index (χ1v) is 8.70. The number of H-pyrrole nitrogens is 1. The molecule has 1 saturated heterocycles. The van der Waals surface area contributed by atoms with Gasteiger partial charge in [-0.1, -0.05) is 0 Å². The molecule has 0 spiro atoms. The molecule has 1 N–H and O–H groups in total. The second kappa shape index (κ2) is 6.36. The Hall–Kier alpha value is -2.21. The summed E-state index contributed by atoms with van der Waals surface area (Å²) >= 11 is 0. The number of fused-ring (bicyclic) bond motifs is 1. The van der Waals surface area contributed by atoms with Crippen molar-refractivity contribution < 1.29 is 0 Å². The summed E-state index contributed by atoms with van der Waals surface area (Å²) in [7, 11) is 0. The van der Waals surface area contributed by atoms with Crippen molar-refractivity contribution in [3.05, 3.63) is 47.2 Å². The molecule has 0 amide bonds. The van der Waals surface area contributed by atoms with Crippen molar-refractivity contribution in [1.82, 2.24) is 29.7 Å². The molecule has 0 saturated carbocycles. The molecule has 1 atom stereocenters. The first-order chi connectivity index (χ1) is 11.7. The maximum Gasteiger partial charge on any atom is 0.159 e. The van der Waals surface area contributed by atoms with Crippen molar-refractivity contribution in [3.63, 3.8) is 0 Å². The Kier molecular flexibility index (Phi) is 4.06. The summed E-state index contributed by atoms with van der Waals surface area (Å²) in [6.07, 6.45) is 7.45. The molecule has 0 bridgehead atoms. The van der Waals surface area contributed by atoms with Gasteiger partial charge in [-0.2, -0.15) is 10.2 Å². The predicted molar refractivity (Wildman–Crippen MR) is 92.8 cm³/mol. The fraction of sp³-hybridized carbons (Fsp3) is 0.500. The molecule has 1 aliphatic rings. The Morgan fingerprint density at radius 1 is 1.33 bits per heavy atom. The number of hydrogen-bond acceptors (Lipinski definition) is 4. The summed E-state index contributed by atoms with van der Waals surface area (Å²) in [5.41, 5.74) is 5.66. The summed E-state index contributed by atoms with van der Waals surface area (Å²) in [5, 5.41) is 11.7. The molecule has 1 fully saturated rings. The van der Waals surface area contributed by atoms with Crippen LogP contribution >= 0.6 is 0 Å². The van der Waals surface area contributed by atoms with Crippen molar-refractivity contribution in [2.75, 3.05) is 13.1 Å². The highest BCUT2D eigenvalue weighted by Gasteiger charge is 2.22. The summed E-state index contributed by atoms with van der Waals surface area (Å²) in [4.78, 5) is 7.24. The topological polar surface area (TPSA) is 62.1 Å². The molecule has 126 valence electrons. The van der Waals surface area contributed by atoms with Gasteiger partial charge in [-0.3, -0.25) is 10.00 Å². The quantitative estimate of drug-likeness (QED) is 0.801. The molecule has 4 rings (SSSR count). The van der Waals surface area contributed by atoms with Gasteiger partial charge in [0.25, 0.3) is 0 Å². The van der Waals surface area contributed by atoms with Crippen LogP contribution in [0.15, 0.2) is 24.5 Å². The molecular formula is C18H24N6. The van der Waals surface area contributed by atoms with E-state index in [1.165, 1.54) is 24.1 Å². The standard InChI is InChI=1S/C18H24N6/c1-13-8-14(2)24-18(21-13)16(10-20-24)12-23-7-3-4-15(11-23)9-17-5-6-19-22-17/h5-6,8,10,15H,3-4,7,9,11-12H2,1-2H3,(H,19,22). The highest BCUT2D eigenvalue weighted by molar-refractivity contribution is 5.47. The van der Waals surface area contributed by atoms with Gasteiger partial charge in [0, 0.05) is 41.9 Å². The predicted octanol–water partition coefficient (Wildman–Crippen LogP) is 2.52. The molecule has 3 aromatic rings. The van der Waals surface area contributed by atoms with Crippen LogP contribution in [0.5, 0.6) is 0 Å². The number of hydrogen-bond donors (Lipinski definition) is 1.